The van der Waals surface area contributed by atoms with Crippen LogP contribution in [0.2, 0.25) is 0 Å². The van der Waals surface area contributed by atoms with E-state index in [1.165, 1.54) is 5.56 Å². The van der Waals surface area contributed by atoms with Gasteiger partial charge in [-0.15, -0.1) is 10.2 Å². The molecule has 3 aromatic rings. The molecule has 0 N–H and O–H groups in total. The van der Waals surface area contributed by atoms with Crippen LogP contribution in [0, 0.1) is 6.92 Å². The lowest BCUT2D eigenvalue weighted by molar-refractivity contribution is 0.414. The summed E-state index contributed by atoms with van der Waals surface area (Å²) in [5, 5.41) is 8.11. The summed E-state index contributed by atoms with van der Waals surface area (Å²) >= 11 is 0. The minimum Gasteiger partial charge on any atom is -0.496 e. The Bertz CT molecular complexity index is 789. The Hall–Kier alpha value is -2.88. The lowest BCUT2D eigenvalue weighted by atomic mass is 10.1. The van der Waals surface area contributed by atoms with Crippen molar-refractivity contribution in [3.63, 3.8) is 0 Å². The lowest BCUT2D eigenvalue weighted by Gasteiger charge is -2.02. The molecule has 0 radical (unpaired) electrons. The monoisotopic (exact) mass is 292 g/mol. The first kappa shape index (κ1) is 14.1. The number of hydrogen-bond donors (Lipinski definition) is 0. The molecule has 1 aromatic heterocycles. The van der Waals surface area contributed by atoms with E-state index in [4.69, 9.17) is 9.15 Å². The average Bonchev–Trinajstić information content (AvgIpc) is 3.03. The Morgan fingerprint density at radius 1 is 0.955 bits per heavy atom. The maximum Gasteiger partial charge on any atom is 0.248 e. The van der Waals surface area contributed by atoms with Gasteiger partial charge >= 0.3 is 0 Å². The van der Waals surface area contributed by atoms with Gasteiger partial charge in [0, 0.05) is 17.2 Å². The molecule has 0 atom stereocenters. The molecule has 0 aliphatic carbocycles. The largest absolute Gasteiger partial charge is 0.496 e. The van der Waals surface area contributed by atoms with E-state index >= 15 is 0 Å². The third kappa shape index (κ3) is 3.06. The number of aryl methyl sites for hydroxylation is 1. The zero-order valence-corrected chi connectivity index (χ0v) is 12.5. The molecule has 0 fully saturated rings. The first-order valence-electron chi connectivity index (χ1n) is 6.98. The van der Waals surface area contributed by atoms with Crippen LogP contribution in [0.1, 0.15) is 17.0 Å². The summed E-state index contributed by atoms with van der Waals surface area (Å²) in [6.45, 7) is 2.04. The maximum atomic E-state index is 5.65. The van der Waals surface area contributed by atoms with Crippen molar-refractivity contribution in [1.82, 2.24) is 10.2 Å². The molecular weight excluding hydrogens is 276 g/mol. The molecule has 0 bridgehead atoms. The number of para-hydroxylation sites is 1. The van der Waals surface area contributed by atoms with Gasteiger partial charge in [0.05, 0.1) is 7.11 Å². The first-order valence-corrected chi connectivity index (χ1v) is 6.98. The van der Waals surface area contributed by atoms with E-state index in [0.717, 1.165) is 16.9 Å². The first-order chi connectivity index (χ1) is 10.8. The number of aromatic nitrogens is 2. The number of methoxy groups -OCH3 is 1. The van der Waals surface area contributed by atoms with E-state index in [2.05, 4.69) is 10.2 Å². The molecule has 0 unspecified atom stereocenters. The van der Waals surface area contributed by atoms with E-state index in [1.807, 2.05) is 61.5 Å². The second kappa shape index (κ2) is 6.26. The van der Waals surface area contributed by atoms with Crippen molar-refractivity contribution in [2.45, 2.75) is 6.92 Å². The summed E-state index contributed by atoms with van der Waals surface area (Å²) in [5.74, 6) is 1.78. The van der Waals surface area contributed by atoms with Gasteiger partial charge in [0.1, 0.15) is 5.75 Å². The Balaban J connectivity index is 1.82. The zero-order valence-electron chi connectivity index (χ0n) is 12.5. The summed E-state index contributed by atoms with van der Waals surface area (Å²) in [7, 11) is 1.65. The summed E-state index contributed by atoms with van der Waals surface area (Å²) < 4.78 is 11.0. The van der Waals surface area contributed by atoms with Crippen molar-refractivity contribution in [3.05, 3.63) is 65.5 Å². The molecule has 0 saturated heterocycles. The molecule has 0 aliphatic heterocycles. The summed E-state index contributed by atoms with van der Waals surface area (Å²) in [6, 6.07) is 15.7. The number of rotatable bonds is 4. The molecule has 1 heterocycles. The standard InChI is InChI=1S/C18H16N2O2/c1-13-7-9-15(10-8-13)18-20-19-17(22-18)12-11-14-5-3-4-6-16(14)21-2/h3-12H,1-2H3/b12-11+. The highest BCUT2D eigenvalue weighted by Crippen LogP contribution is 2.22. The molecule has 0 aliphatic rings. The van der Waals surface area contributed by atoms with Crippen LogP contribution in [0.15, 0.2) is 52.9 Å². The summed E-state index contributed by atoms with van der Waals surface area (Å²) in [4.78, 5) is 0. The smallest absolute Gasteiger partial charge is 0.248 e. The van der Waals surface area contributed by atoms with Crippen LogP contribution >= 0.6 is 0 Å². The molecule has 4 heteroatoms. The summed E-state index contributed by atoms with van der Waals surface area (Å²) in [5.41, 5.74) is 3.06. The Labute approximate surface area is 129 Å². The zero-order chi connectivity index (χ0) is 15.4. The quantitative estimate of drug-likeness (QED) is 0.722. The van der Waals surface area contributed by atoms with Gasteiger partial charge < -0.3 is 9.15 Å². The Morgan fingerprint density at radius 2 is 1.73 bits per heavy atom. The van der Waals surface area contributed by atoms with Gasteiger partial charge in [-0.05, 0) is 31.2 Å². The molecule has 110 valence electrons. The second-order valence-corrected chi connectivity index (χ2v) is 4.89. The molecule has 3 rings (SSSR count). The fourth-order valence-corrected chi connectivity index (χ4v) is 2.08. The highest BCUT2D eigenvalue weighted by molar-refractivity contribution is 5.70. The molecule has 2 aromatic carbocycles. The average molecular weight is 292 g/mol. The second-order valence-electron chi connectivity index (χ2n) is 4.89. The molecule has 0 amide bonds. The normalized spacial score (nSPS) is 11.0. The fraction of sp³-hybridized carbons (Fsp3) is 0.111. The fourth-order valence-electron chi connectivity index (χ4n) is 2.08. The van der Waals surface area contributed by atoms with E-state index in [-0.39, 0.29) is 0 Å². The van der Waals surface area contributed by atoms with E-state index in [9.17, 15) is 0 Å². The van der Waals surface area contributed by atoms with Crippen LogP contribution in [-0.2, 0) is 0 Å². The molecule has 4 nitrogen and oxygen atoms in total. The van der Waals surface area contributed by atoms with Crippen molar-refractivity contribution in [1.29, 1.82) is 0 Å². The van der Waals surface area contributed by atoms with Crippen LogP contribution in [-0.4, -0.2) is 17.3 Å². The molecule has 0 spiro atoms. The van der Waals surface area contributed by atoms with Gasteiger partial charge in [-0.3, -0.25) is 0 Å². The van der Waals surface area contributed by atoms with Gasteiger partial charge in [-0.1, -0.05) is 35.9 Å². The van der Waals surface area contributed by atoms with Gasteiger partial charge in [0.25, 0.3) is 0 Å². The van der Waals surface area contributed by atoms with E-state index < -0.39 is 0 Å². The number of hydrogen-bond acceptors (Lipinski definition) is 4. The molecule has 22 heavy (non-hydrogen) atoms. The molecular formula is C18H16N2O2. The minimum absolute atomic E-state index is 0.460. The van der Waals surface area contributed by atoms with Crippen LogP contribution in [0.4, 0.5) is 0 Å². The van der Waals surface area contributed by atoms with Crippen LogP contribution in [0.5, 0.6) is 5.75 Å². The Kier molecular flexibility index (Phi) is 4.01. The Morgan fingerprint density at radius 3 is 2.50 bits per heavy atom. The predicted octanol–water partition coefficient (Wildman–Crippen LogP) is 4.22. The highest BCUT2D eigenvalue weighted by atomic mass is 16.5. The number of ether oxygens (including phenoxy) is 1. The minimum atomic E-state index is 0.460. The maximum absolute atomic E-state index is 5.65. The number of nitrogens with zero attached hydrogens (tertiary/aromatic N) is 2. The third-order valence-corrected chi connectivity index (χ3v) is 3.28. The van der Waals surface area contributed by atoms with E-state index in [0.29, 0.717) is 11.8 Å². The lowest BCUT2D eigenvalue weighted by Crippen LogP contribution is -1.85. The highest BCUT2D eigenvalue weighted by Gasteiger charge is 2.06. The van der Waals surface area contributed by atoms with Gasteiger partial charge in [-0.2, -0.15) is 0 Å². The SMILES string of the molecule is COc1ccccc1/C=C/c1nnc(-c2ccc(C)cc2)o1. The van der Waals surface area contributed by atoms with Crippen molar-refractivity contribution >= 4 is 12.2 Å². The van der Waals surface area contributed by atoms with E-state index in [1.54, 1.807) is 13.2 Å². The third-order valence-electron chi connectivity index (χ3n) is 3.28. The molecule has 0 saturated carbocycles. The van der Waals surface area contributed by atoms with Crippen molar-refractivity contribution in [2.75, 3.05) is 7.11 Å². The van der Waals surface area contributed by atoms with Gasteiger partial charge in [-0.25, -0.2) is 0 Å². The predicted molar refractivity (Wildman–Crippen MR) is 86.4 cm³/mol. The van der Waals surface area contributed by atoms with Crippen LogP contribution in [0.3, 0.4) is 0 Å². The van der Waals surface area contributed by atoms with Crippen LogP contribution in [0.25, 0.3) is 23.6 Å². The summed E-state index contributed by atoms with van der Waals surface area (Å²) in [6.07, 6.45) is 3.67. The topological polar surface area (TPSA) is 48.2 Å². The van der Waals surface area contributed by atoms with Crippen molar-refractivity contribution < 1.29 is 9.15 Å². The van der Waals surface area contributed by atoms with Crippen LogP contribution < -0.4 is 4.74 Å². The van der Waals surface area contributed by atoms with Crippen molar-refractivity contribution in [2.24, 2.45) is 0 Å². The van der Waals surface area contributed by atoms with Crippen molar-refractivity contribution in [3.8, 4) is 17.2 Å². The van der Waals surface area contributed by atoms with Gasteiger partial charge in [0.15, 0.2) is 0 Å². The number of benzene rings is 2. The van der Waals surface area contributed by atoms with Gasteiger partial charge in [0.2, 0.25) is 11.8 Å².